The van der Waals surface area contributed by atoms with Crippen molar-refractivity contribution >= 4 is 5.78 Å². The van der Waals surface area contributed by atoms with Crippen molar-refractivity contribution in [3.8, 4) is 0 Å². The lowest BCUT2D eigenvalue weighted by Crippen LogP contribution is -2.18. The number of carbonyl (C=O) groups is 1. The number of nitrogens with zero attached hydrogens (tertiary/aromatic N) is 1. The summed E-state index contributed by atoms with van der Waals surface area (Å²) < 4.78 is 0. The minimum absolute atomic E-state index is 0.358. The molecule has 1 aliphatic heterocycles. The number of allylic oxidation sites excluding steroid dienone is 2. The van der Waals surface area contributed by atoms with E-state index in [9.17, 15) is 4.79 Å². The molecule has 0 saturated carbocycles. The summed E-state index contributed by atoms with van der Waals surface area (Å²) in [4.78, 5) is 13.6. The summed E-state index contributed by atoms with van der Waals surface area (Å²) in [5, 5.41) is 0. The Bertz CT molecular complexity index is 236. The van der Waals surface area contributed by atoms with E-state index in [1.54, 1.807) is 0 Å². The molecule has 0 aromatic heterocycles. The first-order valence-electron chi connectivity index (χ1n) is 4.77. The quantitative estimate of drug-likeness (QED) is 0.589. The van der Waals surface area contributed by atoms with Gasteiger partial charge >= 0.3 is 0 Å². The van der Waals surface area contributed by atoms with Gasteiger partial charge in [0.1, 0.15) is 0 Å². The Labute approximate surface area is 73.2 Å². The Morgan fingerprint density at radius 2 is 1.83 bits per heavy atom. The van der Waals surface area contributed by atoms with Gasteiger partial charge in [0.05, 0.1) is 0 Å². The van der Waals surface area contributed by atoms with Crippen molar-refractivity contribution in [2.45, 2.75) is 32.6 Å². The maximum Gasteiger partial charge on any atom is 0.160 e. The van der Waals surface area contributed by atoms with E-state index in [-0.39, 0.29) is 0 Å². The number of rotatable bonds is 1. The molecule has 66 valence electrons. The van der Waals surface area contributed by atoms with Crippen molar-refractivity contribution in [3.05, 3.63) is 11.3 Å². The van der Waals surface area contributed by atoms with Gasteiger partial charge in [0.25, 0.3) is 0 Å². The molecule has 1 fully saturated rings. The number of hydrogen-bond acceptors (Lipinski definition) is 2. The van der Waals surface area contributed by atoms with Crippen molar-refractivity contribution in [1.82, 2.24) is 4.90 Å². The number of likely N-dealkylation sites (tertiary alicyclic amines) is 1. The molecule has 0 aromatic rings. The standard InChI is InChI=1S/C10H15NO/c1-8-9(4-5-10(8)12)11-6-2-3-7-11/h2-7H2,1H3. The van der Waals surface area contributed by atoms with E-state index in [1.165, 1.54) is 31.6 Å². The van der Waals surface area contributed by atoms with E-state index in [1.807, 2.05) is 6.92 Å². The van der Waals surface area contributed by atoms with Gasteiger partial charge in [0.15, 0.2) is 5.78 Å². The van der Waals surface area contributed by atoms with E-state index >= 15 is 0 Å². The van der Waals surface area contributed by atoms with Gasteiger partial charge in [-0.2, -0.15) is 0 Å². The molecule has 1 aliphatic carbocycles. The maximum atomic E-state index is 11.3. The summed E-state index contributed by atoms with van der Waals surface area (Å²) in [5.41, 5.74) is 2.36. The van der Waals surface area contributed by atoms with Gasteiger partial charge < -0.3 is 4.90 Å². The molecular weight excluding hydrogens is 150 g/mol. The summed E-state index contributed by atoms with van der Waals surface area (Å²) in [6.07, 6.45) is 4.33. The summed E-state index contributed by atoms with van der Waals surface area (Å²) in [7, 11) is 0. The van der Waals surface area contributed by atoms with Crippen molar-refractivity contribution in [3.63, 3.8) is 0 Å². The van der Waals surface area contributed by atoms with E-state index in [0.717, 1.165) is 18.4 Å². The molecule has 2 aliphatic rings. The highest BCUT2D eigenvalue weighted by atomic mass is 16.1. The zero-order valence-electron chi connectivity index (χ0n) is 7.60. The van der Waals surface area contributed by atoms with Crippen LogP contribution in [0.1, 0.15) is 32.6 Å². The van der Waals surface area contributed by atoms with E-state index in [0.29, 0.717) is 5.78 Å². The van der Waals surface area contributed by atoms with Gasteiger partial charge in [-0.05, 0) is 26.2 Å². The Balaban J connectivity index is 2.16. The Morgan fingerprint density at radius 1 is 1.17 bits per heavy atom. The Kier molecular flexibility index (Phi) is 1.91. The van der Waals surface area contributed by atoms with Crippen molar-refractivity contribution in [1.29, 1.82) is 0 Å². The molecule has 12 heavy (non-hydrogen) atoms. The predicted molar refractivity (Wildman–Crippen MR) is 47.7 cm³/mol. The van der Waals surface area contributed by atoms with E-state index < -0.39 is 0 Å². The largest absolute Gasteiger partial charge is 0.374 e. The topological polar surface area (TPSA) is 20.3 Å². The molecule has 0 unspecified atom stereocenters. The molecule has 0 N–H and O–H groups in total. The fraction of sp³-hybridized carbons (Fsp3) is 0.700. The van der Waals surface area contributed by atoms with Gasteiger partial charge in [-0.1, -0.05) is 0 Å². The number of hydrogen-bond donors (Lipinski definition) is 0. The van der Waals surface area contributed by atoms with E-state index in [2.05, 4.69) is 4.90 Å². The molecule has 0 atom stereocenters. The summed E-state index contributed by atoms with van der Waals surface area (Å²) >= 11 is 0. The van der Waals surface area contributed by atoms with Crippen LogP contribution in [0.15, 0.2) is 11.3 Å². The van der Waals surface area contributed by atoms with Crippen LogP contribution in [0.4, 0.5) is 0 Å². The molecule has 0 aromatic carbocycles. The lowest BCUT2D eigenvalue weighted by atomic mass is 10.2. The second-order valence-corrected chi connectivity index (χ2v) is 3.69. The van der Waals surface area contributed by atoms with Crippen LogP contribution < -0.4 is 0 Å². The van der Waals surface area contributed by atoms with Crippen LogP contribution in [0, 0.1) is 0 Å². The van der Waals surface area contributed by atoms with Crippen LogP contribution >= 0.6 is 0 Å². The fourth-order valence-corrected chi connectivity index (χ4v) is 2.15. The van der Waals surface area contributed by atoms with Crippen LogP contribution in [0.5, 0.6) is 0 Å². The average molecular weight is 165 g/mol. The third kappa shape index (κ3) is 1.15. The minimum Gasteiger partial charge on any atom is -0.374 e. The highest BCUT2D eigenvalue weighted by molar-refractivity contribution is 5.97. The van der Waals surface area contributed by atoms with Gasteiger partial charge in [0.2, 0.25) is 0 Å². The molecule has 0 radical (unpaired) electrons. The first-order chi connectivity index (χ1) is 5.79. The Morgan fingerprint density at radius 3 is 2.33 bits per heavy atom. The van der Waals surface area contributed by atoms with Gasteiger partial charge in [-0.3, -0.25) is 4.79 Å². The molecule has 2 rings (SSSR count). The molecule has 0 spiro atoms. The van der Waals surface area contributed by atoms with Crippen LogP contribution in [0.2, 0.25) is 0 Å². The molecule has 0 bridgehead atoms. The van der Waals surface area contributed by atoms with Crippen LogP contribution in [-0.2, 0) is 4.79 Å². The second kappa shape index (κ2) is 2.92. The third-order valence-electron chi connectivity index (χ3n) is 2.93. The van der Waals surface area contributed by atoms with Crippen molar-refractivity contribution < 1.29 is 4.79 Å². The lowest BCUT2D eigenvalue weighted by molar-refractivity contribution is -0.114. The Hall–Kier alpha value is -0.790. The third-order valence-corrected chi connectivity index (χ3v) is 2.93. The second-order valence-electron chi connectivity index (χ2n) is 3.69. The number of ketones is 1. The normalized spacial score (nSPS) is 24.4. The molecular formula is C10H15NO. The highest BCUT2D eigenvalue weighted by Crippen LogP contribution is 2.28. The first kappa shape index (κ1) is 7.84. The van der Waals surface area contributed by atoms with Gasteiger partial charge in [0, 0.05) is 30.8 Å². The molecule has 1 saturated heterocycles. The zero-order valence-corrected chi connectivity index (χ0v) is 7.60. The highest BCUT2D eigenvalue weighted by Gasteiger charge is 2.24. The number of Topliss-reactive ketones (excluding diaryl/α,β-unsaturated/α-hetero) is 1. The van der Waals surface area contributed by atoms with Gasteiger partial charge in [-0.25, -0.2) is 0 Å². The van der Waals surface area contributed by atoms with Crippen LogP contribution in [0.25, 0.3) is 0 Å². The average Bonchev–Trinajstić information content (AvgIpc) is 2.64. The SMILES string of the molecule is CC1=C(N2CCCC2)CCC1=O. The molecule has 2 heteroatoms. The van der Waals surface area contributed by atoms with E-state index in [4.69, 9.17) is 0 Å². The summed E-state index contributed by atoms with van der Waals surface area (Å²) in [5.74, 6) is 0.358. The zero-order chi connectivity index (χ0) is 8.55. The lowest BCUT2D eigenvalue weighted by Gasteiger charge is -2.19. The van der Waals surface area contributed by atoms with Crippen molar-refractivity contribution in [2.75, 3.05) is 13.1 Å². The molecule has 1 heterocycles. The summed E-state index contributed by atoms with van der Waals surface area (Å²) in [6, 6.07) is 0. The molecule has 2 nitrogen and oxygen atoms in total. The van der Waals surface area contributed by atoms with Crippen LogP contribution in [-0.4, -0.2) is 23.8 Å². The monoisotopic (exact) mass is 165 g/mol. The fourth-order valence-electron chi connectivity index (χ4n) is 2.15. The smallest absolute Gasteiger partial charge is 0.160 e. The van der Waals surface area contributed by atoms with Gasteiger partial charge in [-0.15, -0.1) is 0 Å². The minimum atomic E-state index is 0.358. The summed E-state index contributed by atoms with van der Waals surface area (Å²) in [6.45, 7) is 4.31. The van der Waals surface area contributed by atoms with Crippen LogP contribution in [0.3, 0.4) is 0 Å². The number of carbonyl (C=O) groups excluding carboxylic acids is 1. The van der Waals surface area contributed by atoms with Crippen molar-refractivity contribution in [2.24, 2.45) is 0 Å². The molecule has 0 amide bonds. The predicted octanol–water partition coefficient (Wildman–Crippen LogP) is 1.72. The first-order valence-corrected chi connectivity index (χ1v) is 4.77. The maximum absolute atomic E-state index is 11.3.